The molecule has 0 saturated carbocycles. The van der Waals surface area contributed by atoms with E-state index in [9.17, 15) is 4.79 Å². The highest BCUT2D eigenvalue weighted by atomic mass is 16.6. The van der Waals surface area contributed by atoms with Gasteiger partial charge in [0.25, 0.3) is 0 Å². The molecule has 0 radical (unpaired) electrons. The molecular weight excluding hydrogens is 204 g/mol. The van der Waals surface area contributed by atoms with Crippen LogP contribution in [0.4, 0.5) is 0 Å². The number of epoxide rings is 1. The summed E-state index contributed by atoms with van der Waals surface area (Å²) >= 11 is 0. The smallest absolute Gasteiger partial charge is 0.194 e. The minimum Gasteiger partial charge on any atom is -0.496 e. The summed E-state index contributed by atoms with van der Waals surface area (Å²) in [7, 11) is 1.65. The van der Waals surface area contributed by atoms with Crippen LogP contribution in [0.1, 0.15) is 27.0 Å². The molecule has 0 aliphatic carbocycles. The van der Waals surface area contributed by atoms with Gasteiger partial charge in [-0.15, -0.1) is 0 Å². The lowest BCUT2D eigenvalue weighted by molar-refractivity contribution is 0.0952. The second-order valence-electron chi connectivity index (χ2n) is 4.21. The van der Waals surface area contributed by atoms with Gasteiger partial charge < -0.3 is 9.47 Å². The Labute approximate surface area is 95.4 Å². The number of rotatable bonds is 3. The molecule has 1 fully saturated rings. The Kier molecular flexibility index (Phi) is 2.72. The van der Waals surface area contributed by atoms with Crippen LogP contribution in [0.5, 0.6) is 5.75 Å². The van der Waals surface area contributed by atoms with Crippen LogP contribution in [0, 0.1) is 20.8 Å². The summed E-state index contributed by atoms with van der Waals surface area (Å²) in [5, 5.41) is 0. The summed E-state index contributed by atoms with van der Waals surface area (Å²) in [6.45, 7) is 6.42. The minimum absolute atomic E-state index is 0.0979. The maximum absolute atomic E-state index is 12.0. The summed E-state index contributed by atoms with van der Waals surface area (Å²) in [6, 6.07) is 1.91. The minimum atomic E-state index is -0.217. The van der Waals surface area contributed by atoms with Crippen molar-refractivity contribution < 1.29 is 14.3 Å². The molecule has 3 nitrogen and oxygen atoms in total. The van der Waals surface area contributed by atoms with Crippen molar-refractivity contribution in [1.82, 2.24) is 0 Å². The van der Waals surface area contributed by atoms with Crippen molar-refractivity contribution in [3.63, 3.8) is 0 Å². The average molecular weight is 220 g/mol. The Morgan fingerprint density at radius 2 is 2.00 bits per heavy atom. The number of benzene rings is 1. The molecular formula is C13H16O3. The van der Waals surface area contributed by atoms with Crippen LogP contribution in [0.3, 0.4) is 0 Å². The number of carbonyl (C=O) groups excluding carboxylic acids is 1. The Morgan fingerprint density at radius 1 is 1.38 bits per heavy atom. The van der Waals surface area contributed by atoms with E-state index in [1.54, 1.807) is 7.11 Å². The van der Waals surface area contributed by atoms with E-state index in [0.29, 0.717) is 6.61 Å². The van der Waals surface area contributed by atoms with Crippen LogP contribution in [-0.4, -0.2) is 25.6 Å². The van der Waals surface area contributed by atoms with Gasteiger partial charge in [-0.2, -0.15) is 0 Å². The van der Waals surface area contributed by atoms with Gasteiger partial charge in [0.15, 0.2) is 5.78 Å². The lowest BCUT2D eigenvalue weighted by Crippen LogP contribution is -2.12. The molecule has 0 N–H and O–H groups in total. The van der Waals surface area contributed by atoms with Gasteiger partial charge in [0, 0.05) is 5.56 Å². The number of methoxy groups -OCH3 is 1. The van der Waals surface area contributed by atoms with E-state index in [4.69, 9.17) is 9.47 Å². The highest BCUT2D eigenvalue weighted by molar-refractivity contribution is 6.03. The first-order valence-corrected chi connectivity index (χ1v) is 5.37. The maximum Gasteiger partial charge on any atom is 0.194 e. The molecule has 1 aliphatic rings. The SMILES string of the molecule is COc1cc(C)c(C(=O)C2CO2)c(C)c1C. The predicted molar refractivity (Wildman–Crippen MR) is 61.3 cm³/mol. The summed E-state index contributed by atoms with van der Waals surface area (Å²) in [5.41, 5.74) is 3.77. The van der Waals surface area contributed by atoms with Gasteiger partial charge in [-0.3, -0.25) is 4.79 Å². The molecule has 1 aliphatic heterocycles. The number of carbonyl (C=O) groups is 1. The number of hydrogen-bond acceptors (Lipinski definition) is 3. The number of Topliss-reactive ketones (excluding diaryl/α,β-unsaturated/α-hetero) is 1. The van der Waals surface area contributed by atoms with Crippen LogP contribution in [0.2, 0.25) is 0 Å². The van der Waals surface area contributed by atoms with E-state index in [1.807, 2.05) is 26.8 Å². The molecule has 3 heteroatoms. The summed E-state index contributed by atoms with van der Waals surface area (Å²) < 4.78 is 10.3. The monoisotopic (exact) mass is 220 g/mol. The van der Waals surface area contributed by atoms with Crippen LogP contribution < -0.4 is 4.74 Å². The third-order valence-corrected chi connectivity index (χ3v) is 3.14. The van der Waals surface area contributed by atoms with Gasteiger partial charge in [-0.05, 0) is 43.5 Å². The van der Waals surface area contributed by atoms with Crippen molar-refractivity contribution in [2.24, 2.45) is 0 Å². The lowest BCUT2D eigenvalue weighted by Gasteiger charge is -2.14. The zero-order valence-corrected chi connectivity index (χ0v) is 10.1. The van der Waals surface area contributed by atoms with Gasteiger partial charge in [0.05, 0.1) is 13.7 Å². The molecule has 86 valence electrons. The molecule has 1 atom stereocenters. The van der Waals surface area contributed by atoms with Gasteiger partial charge >= 0.3 is 0 Å². The fourth-order valence-electron chi connectivity index (χ4n) is 2.00. The first kappa shape index (κ1) is 11.1. The Bertz CT molecular complexity index is 445. The van der Waals surface area contributed by atoms with E-state index in [1.165, 1.54) is 0 Å². The highest BCUT2D eigenvalue weighted by Crippen LogP contribution is 2.30. The van der Waals surface area contributed by atoms with E-state index in [0.717, 1.165) is 28.0 Å². The second kappa shape index (κ2) is 3.91. The summed E-state index contributed by atoms with van der Waals surface area (Å²) in [4.78, 5) is 12.0. The number of aryl methyl sites for hydroxylation is 1. The molecule has 0 amide bonds. The van der Waals surface area contributed by atoms with E-state index in [2.05, 4.69) is 0 Å². The van der Waals surface area contributed by atoms with Crippen LogP contribution in [0.25, 0.3) is 0 Å². The normalized spacial score (nSPS) is 18.4. The Hall–Kier alpha value is -1.35. The second-order valence-corrected chi connectivity index (χ2v) is 4.21. The largest absolute Gasteiger partial charge is 0.496 e. The van der Waals surface area contributed by atoms with Gasteiger partial charge in [-0.1, -0.05) is 0 Å². The van der Waals surface area contributed by atoms with Gasteiger partial charge in [-0.25, -0.2) is 0 Å². The average Bonchev–Trinajstić information content (AvgIpc) is 3.07. The molecule has 1 unspecified atom stereocenters. The van der Waals surface area contributed by atoms with Crippen molar-refractivity contribution in [3.05, 3.63) is 28.3 Å². The summed E-state index contributed by atoms with van der Waals surface area (Å²) in [6.07, 6.45) is -0.217. The topological polar surface area (TPSA) is 38.8 Å². The molecule has 1 heterocycles. The molecule has 0 spiro atoms. The Morgan fingerprint density at radius 3 is 2.50 bits per heavy atom. The molecule has 16 heavy (non-hydrogen) atoms. The fourth-order valence-corrected chi connectivity index (χ4v) is 2.00. The molecule has 0 bridgehead atoms. The predicted octanol–water partition coefficient (Wildman–Crippen LogP) is 2.20. The van der Waals surface area contributed by atoms with Gasteiger partial charge in [0.1, 0.15) is 11.9 Å². The van der Waals surface area contributed by atoms with Crippen molar-refractivity contribution in [1.29, 1.82) is 0 Å². The Balaban J connectivity index is 2.52. The maximum atomic E-state index is 12.0. The molecule has 1 aromatic carbocycles. The fraction of sp³-hybridized carbons (Fsp3) is 0.462. The first-order chi connectivity index (χ1) is 7.56. The third-order valence-electron chi connectivity index (χ3n) is 3.14. The van der Waals surface area contributed by atoms with Crippen molar-refractivity contribution in [2.45, 2.75) is 26.9 Å². The van der Waals surface area contributed by atoms with Crippen molar-refractivity contribution >= 4 is 5.78 Å². The van der Waals surface area contributed by atoms with E-state index in [-0.39, 0.29) is 11.9 Å². The van der Waals surface area contributed by atoms with Crippen LogP contribution in [0.15, 0.2) is 6.07 Å². The standard InChI is InChI=1S/C13H16O3/c1-7-5-10(15-4)8(2)9(3)12(7)13(14)11-6-16-11/h5,11H,6H2,1-4H3. The molecule has 1 aromatic rings. The van der Waals surface area contributed by atoms with Crippen LogP contribution in [-0.2, 0) is 4.74 Å². The molecule has 0 aromatic heterocycles. The van der Waals surface area contributed by atoms with Crippen LogP contribution >= 0.6 is 0 Å². The number of hydrogen-bond donors (Lipinski definition) is 0. The lowest BCUT2D eigenvalue weighted by atomic mass is 9.93. The molecule has 2 rings (SSSR count). The van der Waals surface area contributed by atoms with Gasteiger partial charge in [0.2, 0.25) is 0 Å². The number of ketones is 1. The van der Waals surface area contributed by atoms with Crippen molar-refractivity contribution in [2.75, 3.05) is 13.7 Å². The van der Waals surface area contributed by atoms with E-state index >= 15 is 0 Å². The molecule has 1 saturated heterocycles. The highest BCUT2D eigenvalue weighted by Gasteiger charge is 2.34. The zero-order valence-electron chi connectivity index (χ0n) is 10.1. The third kappa shape index (κ3) is 1.71. The quantitative estimate of drug-likeness (QED) is 0.579. The van der Waals surface area contributed by atoms with Crippen molar-refractivity contribution in [3.8, 4) is 5.75 Å². The zero-order chi connectivity index (χ0) is 11.9. The number of ether oxygens (including phenoxy) is 2. The van der Waals surface area contributed by atoms with E-state index < -0.39 is 0 Å². The summed E-state index contributed by atoms with van der Waals surface area (Å²) in [5.74, 6) is 0.934. The first-order valence-electron chi connectivity index (χ1n) is 5.37.